The molecule has 0 aliphatic heterocycles. The lowest BCUT2D eigenvalue weighted by atomic mass is 10.2. The molecule has 0 saturated carbocycles. The van der Waals surface area contributed by atoms with E-state index in [-0.39, 0.29) is 0 Å². The van der Waals surface area contributed by atoms with Crippen molar-refractivity contribution in [2.45, 2.75) is 20.3 Å². The molecule has 1 aromatic carbocycles. The van der Waals surface area contributed by atoms with Gasteiger partial charge in [0.1, 0.15) is 16.6 Å². The van der Waals surface area contributed by atoms with Crippen molar-refractivity contribution in [1.82, 2.24) is 4.98 Å². The van der Waals surface area contributed by atoms with Gasteiger partial charge in [-0.05, 0) is 37.1 Å². The third kappa shape index (κ3) is 3.78. The molecule has 0 aliphatic carbocycles. The molecule has 0 amide bonds. The number of nitrogens with zero attached hydrogens (tertiary/aromatic N) is 1. The van der Waals surface area contributed by atoms with Gasteiger partial charge in [0.05, 0.1) is 5.02 Å². The molecular weight excluding hydrogens is 295 g/mol. The van der Waals surface area contributed by atoms with Crippen LogP contribution in [0.1, 0.15) is 18.9 Å². The molecule has 106 valence electrons. The van der Waals surface area contributed by atoms with Gasteiger partial charge in [0.25, 0.3) is 0 Å². The number of nitrogens with one attached hydrogen (secondary N) is 1. The summed E-state index contributed by atoms with van der Waals surface area (Å²) < 4.78 is 5.72. The minimum absolute atomic E-state index is 0.347. The smallest absolute Gasteiger partial charge is 0.240 e. The second kappa shape index (κ2) is 6.82. The lowest BCUT2D eigenvalue weighted by molar-refractivity contribution is 0.463. The number of ether oxygens (including phenoxy) is 1. The van der Waals surface area contributed by atoms with Crippen LogP contribution in [0.15, 0.2) is 30.3 Å². The van der Waals surface area contributed by atoms with Crippen LogP contribution in [-0.2, 0) is 0 Å². The van der Waals surface area contributed by atoms with Gasteiger partial charge in [0.15, 0.2) is 0 Å². The van der Waals surface area contributed by atoms with Gasteiger partial charge in [-0.15, -0.1) is 0 Å². The van der Waals surface area contributed by atoms with Gasteiger partial charge in [0, 0.05) is 6.54 Å². The van der Waals surface area contributed by atoms with E-state index in [1.165, 1.54) is 0 Å². The van der Waals surface area contributed by atoms with Gasteiger partial charge in [-0.25, -0.2) is 0 Å². The quantitative estimate of drug-likeness (QED) is 0.812. The molecule has 0 fully saturated rings. The van der Waals surface area contributed by atoms with Crippen molar-refractivity contribution in [2.24, 2.45) is 0 Å². The Morgan fingerprint density at radius 2 is 2.00 bits per heavy atom. The first-order valence-corrected chi connectivity index (χ1v) is 7.20. The van der Waals surface area contributed by atoms with Crippen LogP contribution in [0.4, 0.5) is 5.82 Å². The number of benzene rings is 1. The summed E-state index contributed by atoms with van der Waals surface area (Å²) in [6, 6.07) is 9.34. The molecule has 0 saturated heterocycles. The van der Waals surface area contributed by atoms with Crippen LogP contribution in [0.5, 0.6) is 11.6 Å². The van der Waals surface area contributed by atoms with E-state index in [1.54, 1.807) is 6.07 Å². The second-order valence-electron chi connectivity index (χ2n) is 4.45. The highest BCUT2D eigenvalue weighted by molar-refractivity contribution is 6.36. The average Bonchev–Trinajstić information content (AvgIpc) is 2.40. The first-order chi connectivity index (χ1) is 9.60. The number of hydrogen-bond donors (Lipinski definition) is 1. The highest BCUT2D eigenvalue weighted by atomic mass is 35.5. The molecule has 1 heterocycles. The van der Waals surface area contributed by atoms with E-state index in [4.69, 9.17) is 27.9 Å². The zero-order valence-electron chi connectivity index (χ0n) is 11.4. The fraction of sp³-hybridized carbons (Fsp3) is 0.267. The van der Waals surface area contributed by atoms with Gasteiger partial charge >= 0.3 is 0 Å². The molecule has 1 N–H and O–H groups in total. The number of hydrogen-bond acceptors (Lipinski definition) is 3. The van der Waals surface area contributed by atoms with Crippen LogP contribution >= 0.6 is 23.2 Å². The van der Waals surface area contributed by atoms with Gasteiger partial charge in [-0.2, -0.15) is 4.98 Å². The molecular formula is C15H16Cl2N2O. The summed E-state index contributed by atoms with van der Waals surface area (Å²) in [4.78, 5) is 4.34. The molecule has 0 unspecified atom stereocenters. The van der Waals surface area contributed by atoms with Crippen LogP contribution in [0.2, 0.25) is 10.0 Å². The highest BCUT2D eigenvalue weighted by Gasteiger charge is 2.11. The third-order valence-electron chi connectivity index (χ3n) is 2.64. The molecule has 0 aliphatic rings. The fourth-order valence-corrected chi connectivity index (χ4v) is 2.14. The van der Waals surface area contributed by atoms with Crippen LogP contribution in [0.3, 0.4) is 0 Å². The zero-order valence-corrected chi connectivity index (χ0v) is 12.9. The molecule has 0 bridgehead atoms. The maximum absolute atomic E-state index is 6.13. The van der Waals surface area contributed by atoms with Crippen LogP contribution in [0, 0.1) is 6.92 Å². The third-order valence-corrected chi connectivity index (χ3v) is 3.20. The topological polar surface area (TPSA) is 34.2 Å². The summed E-state index contributed by atoms with van der Waals surface area (Å²) in [5, 5.41) is 4.02. The van der Waals surface area contributed by atoms with Crippen LogP contribution in [0.25, 0.3) is 0 Å². The molecule has 0 spiro atoms. The van der Waals surface area contributed by atoms with E-state index in [0.29, 0.717) is 27.5 Å². The number of aromatic nitrogens is 1. The standard InChI is InChI=1S/C15H16Cl2N2O/c1-3-7-18-14-12(16)9-13(17)15(19-14)20-11-6-4-5-10(2)8-11/h4-6,8-9H,3,7H2,1-2H3,(H,18,19). The van der Waals surface area contributed by atoms with E-state index < -0.39 is 0 Å². The molecule has 2 aromatic rings. The normalized spacial score (nSPS) is 10.4. The molecule has 5 heteroatoms. The molecule has 2 rings (SSSR count). The fourth-order valence-electron chi connectivity index (χ4n) is 1.68. The molecule has 0 radical (unpaired) electrons. The van der Waals surface area contributed by atoms with E-state index in [9.17, 15) is 0 Å². The maximum Gasteiger partial charge on any atom is 0.240 e. The maximum atomic E-state index is 6.13. The Hall–Kier alpha value is -1.45. The SMILES string of the molecule is CCCNc1nc(Oc2cccc(C)c2)c(Cl)cc1Cl. The van der Waals surface area contributed by atoms with Crippen LogP contribution < -0.4 is 10.1 Å². The number of rotatable bonds is 5. The molecule has 20 heavy (non-hydrogen) atoms. The number of anilines is 1. The summed E-state index contributed by atoms with van der Waals surface area (Å²) in [5.41, 5.74) is 1.11. The Balaban J connectivity index is 2.26. The first kappa shape index (κ1) is 14.9. The lowest BCUT2D eigenvalue weighted by Crippen LogP contribution is -2.03. The average molecular weight is 311 g/mol. The Morgan fingerprint density at radius 3 is 2.70 bits per heavy atom. The van der Waals surface area contributed by atoms with Crippen LogP contribution in [-0.4, -0.2) is 11.5 Å². The van der Waals surface area contributed by atoms with Crippen molar-refractivity contribution in [3.8, 4) is 11.6 Å². The van der Waals surface area contributed by atoms with Gasteiger partial charge in [-0.1, -0.05) is 42.3 Å². The first-order valence-electron chi connectivity index (χ1n) is 6.44. The number of aryl methyl sites for hydroxylation is 1. The Kier molecular flexibility index (Phi) is 5.10. The molecule has 1 aromatic heterocycles. The minimum atomic E-state index is 0.347. The minimum Gasteiger partial charge on any atom is -0.437 e. The van der Waals surface area contributed by atoms with E-state index in [2.05, 4.69) is 17.2 Å². The van der Waals surface area contributed by atoms with Crippen molar-refractivity contribution >= 4 is 29.0 Å². The second-order valence-corrected chi connectivity index (χ2v) is 5.27. The van der Waals surface area contributed by atoms with Crippen molar-refractivity contribution in [3.63, 3.8) is 0 Å². The van der Waals surface area contributed by atoms with Gasteiger partial charge in [-0.3, -0.25) is 0 Å². The summed E-state index contributed by atoms with van der Waals surface area (Å²) in [5.74, 6) is 1.63. The summed E-state index contributed by atoms with van der Waals surface area (Å²) in [7, 11) is 0. The van der Waals surface area contributed by atoms with Gasteiger partial charge < -0.3 is 10.1 Å². The molecule has 3 nitrogen and oxygen atoms in total. The van der Waals surface area contributed by atoms with Crippen molar-refractivity contribution < 1.29 is 4.74 Å². The van der Waals surface area contributed by atoms with Crippen molar-refractivity contribution in [2.75, 3.05) is 11.9 Å². The largest absolute Gasteiger partial charge is 0.437 e. The number of halogens is 2. The summed E-state index contributed by atoms with van der Waals surface area (Å²) in [6.07, 6.45) is 0.981. The predicted octanol–water partition coefficient (Wildman–Crippen LogP) is 5.31. The zero-order chi connectivity index (χ0) is 14.5. The predicted molar refractivity (Wildman–Crippen MR) is 84.3 cm³/mol. The summed E-state index contributed by atoms with van der Waals surface area (Å²) >= 11 is 12.2. The highest BCUT2D eigenvalue weighted by Crippen LogP contribution is 2.33. The number of pyridine rings is 1. The van der Waals surface area contributed by atoms with Crippen molar-refractivity contribution in [1.29, 1.82) is 0 Å². The Morgan fingerprint density at radius 1 is 1.20 bits per heavy atom. The molecule has 0 atom stereocenters. The van der Waals surface area contributed by atoms with Gasteiger partial charge in [0.2, 0.25) is 5.88 Å². The van der Waals surface area contributed by atoms with E-state index in [0.717, 1.165) is 18.5 Å². The lowest BCUT2D eigenvalue weighted by Gasteiger charge is -2.11. The Bertz CT molecular complexity index is 602. The monoisotopic (exact) mass is 310 g/mol. The van der Waals surface area contributed by atoms with E-state index >= 15 is 0 Å². The van der Waals surface area contributed by atoms with E-state index in [1.807, 2.05) is 31.2 Å². The summed E-state index contributed by atoms with van der Waals surface area (Å²) in [6.45, 7) is 4.86. The Labute approximate surface area is 128 Å². The van der Waals surface area contributed by atoms with Crippen molar-refractivity contribution in [3.05, 3.63) is 45.9 Å².